The predicted molar refractivity (Wildman–Crippen MR) is 65.1 cm³/mol. The van der Waals surface area contributed by atoms with Crippen LogP contribution in [0.2, 0.25) is 0 Å². The van der Waals surface area contributed by atoms with Crippen molar-refractivity contribution < 1.29 is 0 Å². The summed E-state index contributed by atoms with van der Waals surface area (Å²) in [6, 6.07) is 0.844. The third kappa shape index (κ3) is 2.36. The Morgan fingerprint density at radius 1 is 1.20 bits per heavy atom. The van der Waals surface area contributed by atoms with Gasteiger partial charge in [-0.1, -0.05) is 26.7 Å². The van der Waals surface area contributed by atoms with Gasteiger partial charge in [-0.25, -0.2) is 0 Å². The van der Waals surface area contributed by atoms with Crippen molar-refractivity contribution in [3.8, 4) is 0 Å². The minimum Gasteiger partial charge on any atom is -0.315 e. The Bertz CT molecular complexity index is 183. The molecule has 0 spiro atoms. The molecule has 2 rings (SSSR count). The molecule has 2 aliphatic rings. The summed E-state index contributed by atoms with van der Waals surface area (Å²) in [5, 5.41) is 3.48. The number of hydrogen-bond acceptors (Lipinski definition) is 2. The van der Waals surface area contributed by atoms with E-state index in [-0.39, 0.29) is 0 Å². The normalized spacial score (nSPS) is 32.0. The molecular formula is C13H26N2. The minimum atomic E-state index is 0.683. The van der Waals surface area contributed by atoms with Gasteiger partial charge in [0.15, 0.2) is 0 Å². The molecule has 0 aromatic rings. The molecule has 0 saturated carbocycles. The Morgan fingerprint density at radius 3 is 2.33 bits per heavy atom. The molecule has 0 amide bonds. The molecule has 0 radical (unpaired) electrons. The Kier molecular flexibility index (Phi) is 3.68. The molecule has 2 nitrogen and oxygen atoms in total. The largest absolute Gasteiger partial charge is 0.315 e. The molecule has 0 bridgehead atoms. The maximum atomic E-state index is 3.48. The van der Waals surface area contributed by atoms with Gasteiger partial charge in [0.25, 0.3) is 0 Å². The maximum absolute atomic E-state index is 3.48. The van der Waals surface area contributed by atoms with Crippen LogP contribution in [0.5, 0.6) is 0 Å². The van der Waals surface area contributed by atoms with E-state index >= 15 is 0 Å². The van der Waals surface area contributed by atoms with Crippen LogP contribution in [0.4, 0.5) is 0 Å². The van der Waals surface area contributed by atoms with Crippen LogP contribution in [0.15, 0.2) is 0 Å². The first kappa shape index (κ1) is 11.4. The van der Waals surface area contributed by atoms with Crippen LogP contribution >= 0.6 is 0 Å². The zero-order valence-electron chi connectivity index (χ0n) is 10.4. The van der Waals surface area contributed by atoms with E-state index in [0.717, 1.165) is 6.04 Å². The highest BCUT2D eigenvalue weighted by Crippen LogP contribution is 2.38. The fourth-order valence-electron chi connectivity index (χ4n) is 3.27. The lowest BCUT2D eigenvalue weighted by Gasteiger charge is -2.43. The number of hydrogen-bond donors (Lipinski definition) is 1. The topological polar surface area (TPSA) is 15.3 Å². The lowest BCUT2D eigenvalue weighted by Crippen LogP contribution is -2.45. The van der Waals surface area contributed by atoms with Crippen molar-refractivity contribution in [2.24, 2.45) is 5.41 Å². The second kappa shape index (κ2) is 4.84. The van der Waals surface area contributed by atoms with Crippen LogP contribution in [-0.2, 0) is 0 Å². The summed E-state index contributed by atoms with van der Waals surface area (Å²) in [6.45, 7) is 9.88. The maximum Gasteiger partial charge on any atom is 0.0232 e. The van der Waals surface area contributed by atoms with E-state index in [1.807, 2.05) is 0 Å². The Balaban J connectivity index is 1.85. The van der Waals surface area contributed by atoms with Crippen molar-refractivity contribution in [1.29, 1.82) is 0 Å². The van der Waals surface area contributed by atoms with Gasteiger partial charge in [-0.05, 0) is 44.3 Å². The van der Waals surface area contributed by atoms with Crippen molar-refractivity contribution in [3.05, 3.63) is 0 Å². The minimum absolute atomic E-state index is 0.683. The van der Waals surface area contributed by atoms with Crippen LogP contribution in [0.1, 0.15) is 46.0 Å². The summed E-state index contributed by atoms with van der Waals surface area (Å²) in [5.41, 5.74) is 0.683. The van der Waals surface area contributed by atoms with Crippen molar-refractivity contribution in [2.45, 2.75) is 52.0 Å². The molecule has 88 valence electrons. The zero-order valence-corrected chi connectivity index (χ0v) is 10.4. The second-order valence-electron chi connectivity index (χ2n) is 5.39. The Labute approximate surface area is 94.4 Å². The van der Waals surface area contributed by atoms with Gasteiger partial charge < -0.3 is 5.32 Å². The van der Waals surface area contributed by atoms with Crippen LogP contribution in [-0.4, -0.2) is 37.1 Å². The number of piperidine rings is 1. The van der Waals surface area contributed by atoms with Crippen molar-refractivity contribution in [1.82, 2.24) is 10.2 Å². The predicted octanol–water partition coefficient (Wildman–Crippen LogP) is 2.25. The molecule has 0 aromatic carbocycles. The highest BCUT2D eigenvalue weighted by molar-refractivity contribution is 4.89. The zero-order chi connectivity index (χ0) is 10.7. The van der Waals surface area contributed by atoms with E-state index in [0.29, 0.717) is 5.41 Å². The molecule has 1 unspecified atom stereocenters. The summed E-state index contributed by atoms with van der Waals surface area (Å²) < 4.78 is 0. The summed E-state index contributed by atoms with van der Waals surface area (Å²) in [4.78, 5) is 2.73. The van der Waals surface area contributed by atoms with Crippen molar-refractivity contribution in [3.63, 3.8) is 0 Å². The molecule has 1 atom stereocenters. The molecule has 0 aromatic heterocycles. The number of nitrogens with zero attached hydrogens (tertiary/aromatic N) is 1. The van der Waals surface area contributed by atoms with Crippen molar-refractivity contribution in [2.75, 3.05) is 26.2 Å². The first-order valence-electron chi connectivity index (χ1n) is 6.74. The Hall–Kier alpha value is -0.0800. The third-order valence-electron chi connectivity index (χ3n) is 4.91. The monoisotopic (exact) mass is 210 g/mol. The van der Waals surface area contributed by atoms with Crippen molar-refractivity contribution >= 4 is 0 Å². The van der Waals surface area contributed by atoms with Gasteiger partial charge in [0.1, 0.15) is 0 Å². The average molecular weight is 210 g/mol. The molecule has 2 saturated heterocycles. The van der Waals surface area contributed by atoms with Crippen LogP contribution < -0.4 is 5.32 Å². The third-order valence-corrected chi connectivity index (χ3v) is 4.91. The van der Waals surface area contributed by atoms with Gasteiger partial charge in [0, 0.05) is 12.6 Å². The molecule has 2 heterocycles. The molecule has 2 heteroatoms. The molecule has 2 aliphatic heterocycles. The van der Waals surface area contributed by atoms with E-state index < -0.39 is 0 Å². The van der Waals surface area contributed by atoms with Crippen LogP contribution in [0, 0.1) is 5.41 Å². The molecule has 0 aliphatic carbocycles. The van der Waals surface area contributed by atoms with E-state index in [1.54, 1.807) is 0 Å². The summed E-state index contributed by atoms with van der Waals surface area (Å²) >= 11 is 0. The van der Waals surface area contributed by atoms with Gasteiger partial charge >= 0.3 is 0 Å². The quantitative estimate of drug-likeness (QED) is 0.768. The lowest BCUT2D eigenvalue weighted by molar-refractivity contribution is 0.0715. The highest BCUT2D eigenvalue weighted by atomic mass is 15.2. The van der Waals surface area contributed by atoms with E-state index in [9.17, 15) is 0 Å². The average Bonchev–Trinajstić information content (AvgIpc) is 2.83. The van der Waals surface area contributed by atoms with E-state index in [1.165, 1.54) is 58.3 Å². The number of rotatable bonds is 3. The summed E-state index contributed by atoms with van der Waals surface area (Å²) in [7, 11) is 0. The van der Waals surface area contributed by atoms with E-state index in [4.69, 9.17) is 0 Å². The fourth-order valence-corrected chi connectivity index (χ4v) is 3.27. The van der Waals surface area contributed by atoms with Crippen LogP contribution in [0.3, 0.4) is 0 Å². The smallest absolute Gasteiger partial charge is 0.0232 e. The van der Waals surface area contributed by atoms with Gasteiger partial charge in [0.05, 0.1) is 0 Å². The van der Waals surface area contributed by atoms with Crippen LogP contribution in [0.25, 0.3) is 0 Å². The SMILES string of the molecule is CCC1(CC)CCN(C2CCNC2)CC1. The fraction of sp³-hybridized carbons (Fsp3) is 1.00. The highest BCUT2D eigenvalue weighted by Gasteiger charge is 2.34. The van der Waals surface area contributed by atoms with E-state index in [2.05, 4.69) is 24.1 Å². The number of likely N-dealkylation sites (tertiary alicyclic amines) is 1. The van der Waals surface area contributed by atoms with Gasteiger partial charge in [-0.15, -0.1) is 0 Å². The molecule has 2 fully saturated rings. The first-order valence-corrected chi connectivity index (χ1v) is 6.74. The summed E-state index contributed by atoms with van der Waals surface area (Å²) in [5.74, 6) is 0. The molecule has 1 N–H and O–H groups in total. The molecular weight excluding hydrogens is 184 g/mol. The standard InChI is InChI=1S/C13H26N2/c1-3-13(4-2)6-9-15(10-7-13)12-5-8-14-11-12/h12,14H,3-11H2,1-2H3. The summed E-state index contributed by atoms with van der Waals surface area (Å²) in [6.07, 6.45) is 6.97. The van der Waals surface area contributed by atoms with Gasteiger partial charge in [-0.3, -0.25) is 4.90 Å². The van der Waals surface area contributed by atoms with Gasteiger partial charge in [-0.2, -0.15) is 0 Å². The molecule has 15 heavy (non-hydrogen) atoms. The van der Waals surface area contributed by atoms with Gasteiger partial charge in [0.2, 0.25) is 0 Å². The first-order chi connectivity index (χ1) is 7.29. The number of nitrogens with one attached hydrogen (secondary N) is 1. The Morgan fingerprint density at radius 2 is 1.87 bits per heavy atom. The lowest BCUT2D eigenvalue weighted by atomic mass is 9.74. The second-order valence-corrected chi connectivity index (χ2v) is 5.39.